The van der Waals surface area contributed by atoms with Crippen LogP contribution in [-0.4, -0.2) is 45.5 Å². The number of ether oxygens (including phenoxy) is 1. The Labute approximate surface area is 164 Å². The number of hydrogen-bond donors (Lipinski definition) is 1. The van der Waals surface area contributed by atoms with Gasteiger partial charge in [-0.3, -0.25) is 9.52 Å². The normalized spacial score (nSPS) is 16.9. The maximum absolute atomic E-state index is 12.7. The van der Waals surface area contributed by atoms with Crippen LogP contribution in [0.5, 0.6) is 0 Å². The number of carbonyl (C=O) groups is 1. The van der Waals surface area contributed by atoms with Crippen molar-refractivity contribution in [2.75, 3.05) is 24.9 Å². The van der Waals surface area contributed by atoms with Crippen LogP contribution in [0.2, 0.25) is 5.02 Å². The summed E-state index contributed by atoms with van der Waals surface area (Å²) >= 11 is 5.90. The highest BCUT2D eigenvalue weighted by molar-refractivity contribution is 7.92. The van der Waals surface area contributed by atoms with Crippen LogP contribution in [0.25, 0.3) is 0 Å². The molecule has 0 bridgehead atoms. The molecule has 8 heteroatoms. The predicted molar refractivity (Wildman–Crippen MR) is 105 cm³/mol. The van der Waals surface area contributed by atoms with Crippen LogP contribution in [0.4, 0.5) is 5.69 Å². The Morgan fingerprint density at radius 1 is 1.26 bits per heavy atom. The van der Waals surface area contributed by atoms with E-state index in [4.69, 9.17) is 16.3 Å². The molecular formula is C19H21ClN2O4S. The standard InChI is InChI=1S/C19H21ClN2O4S/c1-22(13-17-8-4-10-26-17)19(23)14-5-2-9-18(11-14)27(24,25)21-16-7-3-6-15(20)12-16/h2-3,5-7,9,11-12,17,21H,4,8,10,13H2,1H3. The fourth-order valence-corrected chi connectivity index (χ4v) is 4.24. The third-order valence-corrected chi connectivity index (χ3v) is 5.93. The maximum Gasteiger partial charge on any atom is 0.261 e. The predicted octanol–water partition coefficient (Wildman–Crippen LogP) is 3.39. The second-order valence-corrected chi connectivity index (χ2v) is 8.58. The van der Waals surface area contributed by atoms with Gasteiger partial charge in [-0.2, -0.15) is 0 Å². The molecule has 1 aliphatic heterocycles. The molecule has 0 spiro atoms. The minimum atomic E-state index is -3.84. The molecule has 2 aromatic carbocycles. The first-order valence-electron chi connectivity index (χ1n) is 8.61. The molecule has 0 aromatic heterocycles. The van der Waals surface area contributed by atoms with Gasteiger partial charge in [-0.15, -0.1) is 0 Å². The highest BCUT2D eigenvalue weighted by Gasteiger charge is 2.22. The highest BCUT2D eigenvalue weighted by Crippen LogP contribution is 2.21. The Kier molecular flexibility index (Phi) is 6.04. The molecule has 1 aliphatic rings. The average Bonchev–Trinajstić information content (AvgIpc) is 3.14. The van der Waals surface area contributed by atoms with E-state index in [0.29, 0.717) is 22.8 Å². The van der Waals surface area contributed by atoms with E-state index in [-0.39, 0.29) is 16.9 Å². The Hall–Kier alpha value is -2.09. The Morgan fingerprint density at radius 2 is 2.04 bits per heavy atom. The van der Waals surface area contributed by atoms with Gasteiger partial charge in [0, 0.05) is 30.8 Å². The minimum absolute atomic E-state index is 0.0128. The number of likely N-dealkylation sites (N-methyl/N-ethyl adjacent to an activating group) is 1. The van der Waals surface area contributed by atoms with E-state index in [2.05, 4.69) is 4.72 Å². The molecule has 1 fully saturated rings. The van der Waals surface area contributed by atoms with E-state index in [1.54, 1.807) is 42.3 Å². The zero-order valence-electron chi connectivity index (χ0n) is 14.9. The van der Waals surface area contributed by atoms with Gasteiger partial charge in [0.1, 0.15) is 0 Å². The summed E-state index contributed by atoms with van der Waals surface area (Å²) in [5.41, 5.74) is 0.666. The van der Waals surface area contributed by atoms with Gasteiger partial charge in [0.2, 0.25) is 0 Å². The van der Waals surface area contributed by atoms with Gasteiger partial charge in [-0.25, -0.2) is 8.42 Å². The molecule has 1 unspecified atom stereocenters. The van der Waals surface area contributed by atoms with Crippen molar-refractivity contribution >= 4 is 33.2 Å². The number of hydrogen-bond acceptors (Lipinski definition) is 4. The SMILES string of the molecule is CN(CC1CCCO1)C(=O)c1cccc(S(=O)(=O)Nc2cccc(Cl)c2)c1. The van der Waals surface area contributed by atoms with Gasteiger partial charge in [-0.1, -0.05) is 23.7 Å². The zero-order valence-corrected chi connectivity index (χ0v) is 16.5. The number of nitrogens with zero attached hydrogens (tertiary/aromatic N) is 1. The smallest absolute Gasteiger partial charge is 0.261 e. The monoisotopic (exact) mass is 408 g/mol. The second-order valence-electron chi connectivity index (χ2n) is 6.46. The van der Waals surface area contributed by atoms with Crippen molar-refractivity contribution in [3.05, 3.63) is 59.1 Å². The van der Waals surface area contributed by atoms with Gasteiger partial charge >= 0.3 is 0 Å². The van der Waals surface area contributed by atoms with E-state index in [1.165, 1.54) is 18.2 Å². The first-order chi connectivity index (χ1) is 12.8. The van der Waals surface area contributed by atoms with Crippen LogP contribution in [0, 0.1) is 0 Å². The van der Waals surface area contributed by atoms with Crippen molar-refractivity contribution < 1.29 is 17.9 Å². The lowest BCUT2D eigenvalue weighted by molar-refractivity contribution is 0.0587. The number of halogens is 1. The Bertz CT molecular complexity index is 927. The molecule has 1 heterocycles. The van der Waals surface area contributed by atoms with Crippen LogP contribution in [-0.2, 0) is 14.8 Å². The molecule has 0 radical (unpaired) electrons. The summed E-state index contributed by atoms with van der Waals surface area (Å²) in [6, 6.07) is 12.4. The molecule has 1 N–H and O–H groups in total. The number of sulfonamides is 1. The lowest BCUT2D eigenvalue weighted by Gasteiger charge is -2.21. The number of nitrogens with one attached hydrogen (secondary N) is 1. The quantitative estimate of drug-likeness (QED) is 0.794. The number of amides is 1. The summed E-state index contributed by atoms with van der Waals surface area (Å²) in [6.07, 6.45) is 1.96. The fourth-order valence-electron chi connectivity index (χ4n) is 2.96. The molecule has 0 saturated carbocycles. The number of carbonyl (C=O) groups excluding carboxylic acids is 1. The summed E-state index contributed by atoms with van der Waals surface area (Å²) in [6.45, 7) is 1.20. The molecule has 1 atom stereocenters. The molecule has 1 saturated heterocycles. The van der Waals surface area contributed by atoms with E-state index in [0.717, 1.165) is 19.4 Å². The topological polar surface area (TPSA) is 75.7 Å². The summed E-state index contributed by atoms with van der Waals surface area (Å²) < 4.78 is 33.3. The fraction of sp³-hybridized carbons (Fsp3) is 0.316. The van der Waals surface area contributed by atoms with Gasteiger partial charge in [0.15, 0.2) is 0 Å². The average molecular weight is 409 g/mol. The van der Waals surface area contributed by atoms with Crippen molar-refractivity contribution in [2.45, 2.75) is 23.8 Å². The molecule has 1 amide bonds. The second kappa shape index (κ2) is 8.29. The number of benzene rings is 2. The first-order valence-corrected chi connectivity index (χ1v) is 10.5. The summed E-state index contributed by atoms with van der Waals surface area (Å²) in [5, 5.41) is 0.426. The lowest BCUT2D eigenvalue weighted by atomic mass is 10.2. The van der Waals surface area contributed by atoms with E-state index >= 15 is 0 Å². The lowest BCUT2D eigenvalue weighted by Crippen LogP contribution is -2.34. The van der Waals surface area contributed by atoms with Gasteiger partial charge in [-0.05, 0) is 49.2 Å². The molecule has 2 aromatic rings. The van der Waals surface area contributed by atoms with E-state index < -0.39 is 10.0 Å². The van der Waals surface area contributed by atoms with E-state index in [1.807, 2.05) is 0 Å². The van der Waals surface area contributed by atoms with Crippen molar-refractivity contribution in [1.82, 2.24) is 4.90 Å². The zero-order chi connectivity index (χ0) is 19.4. The highest BCUT2D eigenvalue weighted by atomic mass is 35.5. The van der Waals surface area contributed by atoms with Gasteiger partial charge < -0.3 is 9.64 Å². The van der Waals surface area contributed by atoms with Crippen molar-refractivity contribution in [3.8, 4) is 0 Å². The third kappa shape index (κ3) is 5.00. The van der Waals surface area contributed by atoms with Gasteiger partial charge in [0.05, 0.1) is 16.7 Å². The van der Waals surface area contributed by atoms with Crippen LogP contribution in [0.1, 0.15) is 23.2 Å². The van der Waals surface area contributed by atoms with Crippen molar-refractivity contribution in [2.24, 2.45) is 0 Å². The third-order valence-electron chi connectivity index (χ3n) is 4.32. The Morgan fingerprint density at radius 3 is 2.74 bits per heavy atom. The number of rotatable bonds is 6. The van der Waals surface area contributed by atoms with Crippen LogP contribution in [0.3, 0.4) is 0 Å². The maximum atomic E-state index is 12.7. The molecular weight excluding hydrogens is 388 g/mol. The van der Waals surface area contributed by atoms with Crippen molar-refractivity contribution in [1.29, 1.82) is 0 Å². The first kappa shape index (κ1) is 19.7. The van der Waals surface area contributed by atoms with Crippen LogP contribution < -0.4 is 4.72 Å². The molecule has 0 aliphatic carbocycles. The summed E-state index contributed by atoms with van der Waals surface area (Å²) in [4.78, 5) is 14.2. The molecule has 3 rings (SSSR count). The summed E-state index contributed by atoms with van der Waals surface area (Å²) in [5.74, 6) is -0.245. The number of anilines is 1. The van der Waals surface area contributed by atoms with Crippen LogP contribution in [0.15, 0.2) is 53.4 Å². The van der Waals surface area contributed by atoms with Crippen LogP contribution >= 0.6 is 11.6 Å². The van der Waals surface area contributed by atoms with Gasteiger partial charge in [0.25, 0.3) is 15.9 Å². The van der Waals surface area contributed by atoms with Crippen molar-refractivity contribution in [3.63, 3.8) is 0 Å². The summed E-state index contributed by atoms with van der Waals surface area (Å²) in [7, 11) is -2.15. The Balaban J connectivity index is 1.76. The van der Waals surface area contributed by atoms with E-state index in [9.17, 15) is 13.2 Å². The largest absolute Gasteiger partial charge is 0.376 e. The minimum Gasteiger partial charge on any atom is -0.376 e. The molecule has 27 heavy (non-hydrogen) atoms. The molecule has 144 valence electrons. The molecule has 6 nitrogen and oxygen atoms in total.